The van der Waals surface area contributed by atoms with E-state index in [-0.39, 0.29) is 12.4 Å². The van der Waals surface area contributed by atoms with Gasteiger partial charge in [-0.25, -0.2) is 4.79 Å². The Labute approximate surface area is 95.0 Å². The second-order valence-electron chi connectivity index (χ2n) is 2.97. The molecule has 0 aromatic heterocycles. The molecule has 0 aliphatic rings. The minimum absolute atomic E-state index is 0. The third-order valence-corrected chi connectivity index (χ3v) is 1.89. The molecule has 4 N–H and O–H groups in total. The number of rotatable bonds is 4. The van der Waals surface area contributed by atoms with E-state index in [1.807, 2.05) is 24.3 Å². The molecule has 1 aromatic rings. The molecule has 15 heavy (non-hydrogen) atoms. The van der Waals surface area contributed by atoms with Gasteiger partial charge in [-0.15, -0.1) is 12.4 Å². The molecule has 0 fully saturated rings. The number of primary amides is 1. The highest BCUT2D eigenvalue weighted by atomic mass is 35.5. The molecule has 0 spiro atoms. The van der Waals surface area contributed by atoms with Crippen LogP contribution in [-0.2, 0) is 11.2 Å². The van der Waals surface area contributed by atoms with Gasteiger partial charge in [0.15, 0.2) is 0 Å². The second-order valence-corrected chi connectivity index (χ2v) is 2.97. The molecule has 0 unspecified atom stereocenters. The van der Waals surface area contributed by atoms with Crippen LogP contribution in [0.2, 0.25) is 0 Å². The van der Waals surface area contributed by atoms with Gasteiger partial charge in [-0.1, -0.05) is 18.2 Å². The molecular weight excluding hydrogens is 216 g/mol. The summed E-state index contributed by atoms with van der Waals surface area (Å²) in [6.07, 6.45) is 0.794. The quantitative estimate of drug-likeness (QED) is 0.611. The number of ether oxygens (including phenoxy) is 1. The van der Waals surface area contributed by atoms with Crippen LogP contribution in [-0.4, -0.2) is 12.7 Å². The third kappa shape index (κ3) is 5.12. The Balaban J connectivity index is 0.00000196. The number of nitrogen functional groups attached to an aromatic ring is 1. The van der Waals surface area contributed by atoms with Crippen LogP contribution in [0.25, 0.3) is 0 Å². The maximum absolute atomic E-state index is 10.3. The molecule has 5 heteroatoms. The van der Waals surface area contributed by atoms with Gasteiger partial charge in [0.05, 0.1) is 6.61 Å². The lowest BCUT2D eigenvalue weighted by atomic mass is 10.1. The molecule has 0 radical (unpaired) electrons. The summed E-state index contributed by atoms with van der Waals surface area (Å²) in [7, 11) is 0. The van der Waals surface area contributed by atoms with Crippen LogP contribution in [0.3, 0.4) is 0 Å². The molecule has 84 valence electrons. The number of nitrogens with two attached hydrogens (primary N) is 2. The van der Waals surface area contributed by atoms with E-state index < -0.39 is 6.09 Å². The number of para-hydroxylation sites is 1. The highest BCUT2D eigenvalue weighted by Gasteiger charge is 1.98. The first-order valence-electron chi connectivity index (χ1n) is 4.46. The highest BCUT2D eigenvalue weighted by Crippen LogP contribution is 2.12. The molecule has 0 saturated heterocycles. The Morgan fingerprint density at radius 2 is 2.00 bits per heavy atom. The minimum atomic E-state index is -0.731. The number of hydrogen-bond donors (Lipinski definition) is 2. The fourth-order valence-corrected chi connectivity index (χ4v) is 1.20. The average molecular weight is 231 g/mol. The van der Waals surface area contributed by atoms with Crippen LogP contribution in [0.5, 0.6) is 0 Å². The Morgan fingerprint density at radius 3 is 2.60 bits per heavy atom. The summed E-state index contributed by atoms with van der Waals surface area (Å²) in [6.45, 7) is 0.337. The Kier molecular flexibility index (Phi) is 6.29. The third-order valence-electron chi connectivity index (χ3n) is 1.89. The molecule has 1 aromatic carbocycles. The molecule has 0 aliphatic carbocycles. The Morgan fingerprint density at radius 1 is 1.33 bits per heavy atom. The van der Waals surface area contributed by atoms with E-state index in [1.165, 1.54) is 0 Å². The summed E-state index contributed by atoms with van der Waals surface area (Å²) in [5.41, 5.74) is 12.4. The molecule has 0 aliphatic heterocycles. The lowest BCUT2D eigenvalue weighted by molar-refractivity contribution is 0.155. The number of benzene rings is 1. The van der Waals surface area contributed by atoms with E-state index in [1.54, 1.807) is 0 Å². The van der Waals surface area contributed by atoms with Gasteiger partial charge in [-0.2, -0.15) is 0 Å². The molecule has 0 bridgehead atoms. The SMILES string of the molecule is Cl.NC(=O)OCCCc1ccccc1N. The number of halogens is 1. The van der Waals surface area contributed by atoms with Crippen molar-refractivity contribution in [2.45, 2.75) is 12.8 Å². The van der Waals surface area contributed by atoms with Gasteiger partial charge in [0, 0.05) is 5.69 Å². The van der Waals surface area contributed by atoms with Gasteiger partial charge >= 0.3 is 6.09 Å². The van der Waals surface area contributed by atoms with Crippen molar-refractivity contribution in [2.75, 3.05) is 12.3 Å². The van der Waals surface area contributed by atoms with Crippen molar-refractivity contribution < 1.29 is 9.53 Å². The predicted octanol–water partition coefficient (Wildman–Crippen LogP) is 1.72. The van der Waals surface area contributed by atoms with E-state index in [9.17, 15) is 4.79 Å². The second kappa shape index (κ2) is 6.95. The first-order chi connectivity index (χ1) is 6.70. The summed E-state index contributed by atoms with van der Waals surface area (Å²) >= 11 is 0. The number of anilines is 1. The van der Waals surface area contributed by atoms with Gasteiger partial charge in [-0.05, 0) is 24.5 Å². The van der Waals surface area contributed by atoms with Crippen molar-refractivity contribution in [3.63, 3.8) is 0 Å². The molecule has 1 rings (SSSR count). The molecule has 0 heterocycles. The molecular formula is C10H15ClN2O2. The van der Waals surface area contributed by atoms with Gasteiger partial charge in [0.25, 0.3) is 0 Å². The van der Waals surface area contributed by atoms with Crippen molar-refractivity contribution in [1.29, 1.82) is 0 Å². The minimum Gasteiger partial charge on any atom is -0.450 e. The summed E-state index contributed by atoms with van der Waals surface area (Å²) in [5.74, 6) is 0. The first kappa shape index (κ1) is 13.6. The summed E-state index contributed by atoms with van der Waals surface area (Å²) < 4.78 is 4.60. The van der Waals surface area contributed by atoms with Crippen LogP contribution in [0, 0.1) is 0 Å². The lowest BCUT2D eigenvalue weighted by Crippen LogP contribution is -2.14. The van der Waals surface area contributed by atoms with Gasteiger partial charge < -0.3 is 16.2 Å². The maximum atomic E-state index is 10.3. The normalized spacial score (nSPS) is 9.07. The average Bonchev–Trinajstić information content (AvgIpc) is 2.15. The number of carbonyl (C=O) groups is 1. The van der Waals surface area contributed by atoms with Crippen molar-refractivity contribution in [3.05, 3.63) is 29.8 Å². The van der Waals surface area contributed by atoms with Crippen LogP contribution >= 0.6 is 12.4 Å². The molecule has 1 amide bonds. The standard InChI is InChI=1S/C10H14N2O2.ClH/c11-9-6-2-1-4-8(9)5-3-7-14-10(12)13;/h1-2,4,6H,3,5,7,11H2,(H2,12,13);1H. The monoisotopic (exact) mass is 230 g/mol. The number of amides is 1. The molecule has 0 saturated carbocycles. The van der Waals surface area contributed by atoms with Crippen molar-refractivity contribution in [2.24, 2.45) is 5.73 Å². The number of hydrogen-bond acceptors (Lipinski definition) is 3. The van der Waals surface area contributed by atoms with Gasteiger partial charge in [0.2, 0.25) is 0 Å². The van der Waals surface area contributed by atoms with E-state index in [4.69, 9.17) is 11.5 Å². The summed E-state index contributed by atoms with van der Waals surface area (Å²) in [5, 5.41) is 0. The van der Waals surface area contributed by atoms with Gasteiger partial charge in [-0.3, -0.25) is 0 Å². The number of carbonyl (C=O) groups excluding carboxylic acids is 1. The first-order valence-corrected chi connectivity index (χ1v) is 4.46. The van der Waals surface area contributed by atoms with E-state index in [0.717, 1.165) is 24.1 Å². The zero-order valence-corrected chi connectivity index (χ0v) is 9.13. The van der Waals surface area contributed by atoms with Crippen LogP contribution in [0.15, 0.2) is 24.3 Å². The summed E-state index contributed by atoms with van der Waals surface area (Å²) in [6, 6.07) is 7.63. The number of aryl methyl sites for hydroxylation is 1. The smallest absolute Gasteiger partial charge is 0.404 e. The van der Waals surface area contributed by atoms with E-state index in [0.29, 0.717) is 6.61 Å². The molecule has 4 nitrogen and oxygen atoms in total. The van der Waals surface area contributed by atoms with Crippen LogP contribution in [0.1, 0.15) is 12.0 Å². The highest BCUT2D eigenvalue weighted by molar-refractivity contribution is 5.85. The fraction of sp³-hybridized carbons (Fsp3) is 0.300. The molecule has 0 atom stereocenters. The van der Waals surface area contributed by atoms with Crippen LogP contribution < -0.4 is 11.5 Å². The van der Waals surface area contributed by atoms with Crippen molar-refractivity contribution in [1.82, 2.24) is 0 Å². The zero-order chi connectivity index (χ0) is 10.4. The predicted molar refractivity (Wildman–Crippen MR) is 62.0 cm³/mol. The maximum Gasteiger partial charge on any atom is 0.404 e. The van der Waals surface area contributed by atoms with E-state index >= 15 is 0 Å². The summed E-state index contributed by atoms with van der Waals surface area (Å²) in [4.78, 5) is 10.3. The van der Waals surface area contributed by atoms with E-state index in [2.05, 4.69) is 4.74 Å². The van der Waals surface area contributed by atoms with Crippen molar-refractivity contribution in [3.8, 4) is 0 Å². The van der Waals surface area contributed by atoms with Gasteiger partial charge in [0.1, 0.15) is 0 Å². The Hall–Kier alpha value is -1.42. The Bertz CT molecular complexity index is 318. The topological polar surface area (TPSA) is 78.3 Å². The van der Waals surface area contributed by atoms with Crippen LogP contribution in [0.4, 0.5) is 10.5 Å². The fourth-order valence-electron chi connectivity index (χ4n) is 1.20. The lowest BCUT2D eigenvalue weighted by Gasteiger charge is -2.04. The van der Waals surface area contributed by atoms with Crippen molar-refractivity contribution >= 4 is 24.2 Å². The zero-order valence-electron chi connectivity index (χ0n) is 8.31. The largest absolute Gasteiger partial charge is 0.450 e.